The zero-order chi connectivity index (χ0) is 23.1. The Bertz CT molecular complexity index is 778. The Morgan fingerprint density at radius 2 is 2.09 bits per heavy atom. The molecule has 2 aliphatic rings. The molecule has 2 amide bonds. The van der Waals surface area contributed by atoms with Crippen molar-refractivity contribution < 1.29 is 23.8 Å². The van der Waals surface area contributed by atoms with Gasteiger partial charge in [-0.3, -0.25) is 4.79 Å². The van der Waals surface area contributed by atoms with Crippen molar-refractivity contribution in [2.24, 2.45) is 0 Å². The average Bonchev–Trinajstić information content (AvgIpc) is 3.61. The van der Waals surface area contributed by atoms with Crippen LogP contribution in [0.3, 0.4) is 0 Å². The lowest BCUT2D eigenvalue weighted by atomic mass is 10.0. The first kappa shape index (κ1) is 24.3. The van der Waals surface area contributed by atoms with Crippen LogP contribution in [0.2, 0.25) is 0 Å². The quantitative estimate of drug-likeness (QED) is 0.529. The number of morpholine rings is 1. The van der Waals surface area contributed by atoms with E-state index in [1.807, 2.05) is 30.9 Å². The number of amides is 2. The number of aryl methyl sites for hydroxylation is 1. The summed E-state index contributed by atoms with van der Waals surface area (Å²) in [5, 5.41) is 5.93. The molecule has 1 aromatic rings. The molecule has 2 atom stereocenters. The Kier molecular flexibility index (Phi) is 8.69. The van der Waals surface area contributed by atoms with E-state index in [0.29, 0.717) is 38.4 Å². The number of hydrogen-bond donors (Lipinski definition) is 2. The molecule has 0 bridgehead atoms. The average molecular weight is 449 g/mol. The minimum absolute atomic E-state index is 0.00947. The molecule has 0 spiro atoms. The van der Waals surface area contributed by atoms with E-state index in [1.165, 1.54) is 7.11 Å². The van der Waals surface area contributed by atoms with Crippen LogP contribution in [0.15, 0.2) is 12.1 Å². The van der Waals surface area contributed by atoms with Gasteiger partial charge in [0.05, 0.1) is 25.9 Å². The van der Waals surface area contributed by atoms with Crippen molar-refractivity contribution in [2.75, 3.05) is 33.4 Å². The molecule has 9 nitrogen and oxygen atoms in total. The largest absolute Gasteiger partial charge is 0.475 e. The van der Waals surface area contributed by atoms with Gasteiger partial charge in [0, 0.05) is 37.4 Å². The lowest BCUT2D eigenvalue weighted by Crippen LogP contribution is -2.50. The van der Waals surface area contributed by atoms with Crippen LogP contribution in [0.4, 0.5) is 4.79 Å². The monoisotopic (exact) mass is 448 g/mol. The standard InChI is InChI=1S/C23H36N4O5/c1-15(2)32-21-13-17(12-18(26-21)6-5-9-25-23(29)30-4)16(3)27(19-7-8-19)22(28)20-14-24-10-11-31-20/h12-13,15-16,19-20,24H,5-11,14H2,1-4H3,(H,25,29)/t16-,20+/m0/s1. The van der Waals surface area contributed by atoms with E-state index in [4.69, 9.17) is 9.47 Å². The fraction of sp³-hybridized carbons (Fsp3) is 0.696. The Morgan fingerprint density at radius 1 is 1.31 bits per heavy atom. The molecule has 2 heterocycles. The van der Waals surface area contributed by atoms with Gasteiger partial charge in [-0.1, -0.05) is 0 Å². The number of carbonyl (C=O) groups is 2. The van der Waals surface area contributed by atoms with Crippen molar-refractivity contribution >= 4 is 12.0 Å². The molecule has 2 fully saturated rings. The normalized spacial score (nSPS) is 19.3. The van der Waals surface area contributed by atoms with Gasteiger partial charge in [-0.25, -0.2) is 9.78 Å². The topological polar surface area (TPSA) is 102 Å². The van der Waals surface area contributed by atoms with Crippen molar-refractivity contribution in [3.63, 3.8) is 0 Å². The predicted octanol–water partition coefficient (Wildman–Crippen LogP) is 2.20. The maximum absolute atomic E-state index is 13.3. The summed E-state index contributed by atoms with van der Waals surface area (Å²) in [7, 11) is 1.35. The number of carbonyl (C=O) groups excluding carboxylic acids is 2. The Hall–Kier alpha value is -2.39. The van der Waals surface area contributed by atoms with E-state index < -0.39 is 12.2 Å². The van der Waals surface area contributed by atoms with Crippen LogP contribution in [0.5, 0.6) is 5.88 Å². The fourth-order valence-corrected chi connectivity index (χ4v) is 3.88. The number of pyridine rings is 1. The molecule has 2 N–H and O–H groups in total. The van der Waals surface area contributed by atoms with Crippen molar-refractivity contribution in [1.82, 2.24) is 20.5 Å². The summed E-state index contributed by atoms with van der Waals surface area (Å²) in [5.74, 6) is 0.596. The van der Waals surface area contributed by atoms with Crippen LogP contribution >= 0.6 is 0 Å². The summed E-state index contributed by atoms with van der Waals surface area (Å²) in [6, 6.07) is 4.10. The molecule has 0 radical (unpaired) electrons. The molecule has 1 aliphatic heterocycles. The summed E-state index contributed by atoms with van der Waals surface area (Å²) in [6.45, 7) is 8.35. The lowest BCUT2D eigenvalue weighted by molar-refractivity contribution is -0.148. The first-order valence-corrected chi connectivity index (χ1v) is 11.5. The van der Waals surface area contributed by atoms with Crippen LogP contribution in [0.25, 0.3) is 0 Å². The Balaban J connectivity index is 1.76. The second-order valence-electron chi connectivity index (χ2n) is 8.63. The molecule has 178 valence electrons. The molecule has 1 saturated heterocycles. The van der Waals surface area contributed by atoms with Gasteiger partial charge in [0.15, 0.2) is 0 Å². The SMILES string of the molecule is COC(=O)NCCCc1cc([C@H](C)N(C(=O)[C@H]2CNCCO2)C2CC2)cc(OC(C)C)n1. The van der Waals surface area contributed by atoms with E-state index in [1.54, 1.807) is 0 Å². The summed E-state index contributed by atoms with van der Waals surface area (Å²) in [4.78, 5) is 31.2. The molecule has 9 heteroatoms. The maximum Gasteiger partial charge on any atom is 0.406 e. The number of rotatable bonds is 10. The zero-order valence-corrected chi connectivity index (χ0v) is 19.6. The molecule has 0 aromatic carbocycles. The summed E-state index contributed by atoms with van der Waals surface area (Å²) in [6.07, 6.45) is 2.53. The number of methoxy groups -OCH3 is 1. The van der Waals surface area contributed by atoms with Crippen LogP contribution in [0, 0.1) is 0 Å². The third kappa shape index (κ3) is 6.80. The molecule has 3 rings (SSSR count). The van der Waals surface area contributed by atoms with Gasteiger partial charge in [0.25, 0.3) is 5.91 Å². The third-order valence-electron chi connectivity index (χ3n) is 5.60. The highest BCUT2D eigenvalue weighted by Gasteiger charge is 2.40. The van der Waals surface area contributed by atoms with E-state index in [0.717, 1.165) is 30.6 Å². The van der Waals surface area contributed by atoms with Gasteiger partial charge in [-0.2, -0.15) is 0 Å². The zero-order valence-electron chi connectivity index (χ0n) is 19.6. The van der Waals surface area contributed by atoms with Gasteiger partial charge in [0.2, 0.25) is 5.88 Å². The van der Waals surface area contributed by atoms with Crippen molar-refractivity contribution in [1.29, 1.82) is 0 Å². The summed E-state index contributed by atoms with van der Waals surface area (Å²) in [5.41, 5.74) is 1.87. The number of alkyl carbamates (subject to hydrolysis) is 1. The molecule has 32 heavy (non-hydrogen) atoms. The van der Waals surface area contributed by atoms with Crippen LogP contribution < -0.4 is 15.4 Å². The molecular weight excluding hydrogens is 412 g/mol. The molecular formula is C23H36N4O5. The van der Waals surface area contributed by atoms with Crippen LogP contribution in [-0.2, 0) is 20.7 Å². The predicted molar refractivity (Wildman–Crippen MR) is 120 cm³/mol. The first-order valence-electron chi connectivity index (χ1n) is 11.5. The molecule has 1 aromatic heterocycles. The number of nitrogens with one attached hydrogen (secondary N) is 2. The van der Waals surface area contributed by atoms with Gasteiger partial charge >= 0.3 is 6.09 Å². The van der Waals surface area contributed by atoms with Gasteiger partial charge in [-0.05, 0) is 58.1 Å². The maximum atomic E-state index is 13.3. The van der Waals surface area contributed by atoms with Gasteiger partial charge in [0.1, 0.15) is 6.10 Å². The molecule has 1 aliphatic carbocycles. The number of aromatic nitrogens is 1. The summed E-state index contributed by atoms with van der Waals surface area (Å²) < 4.78 is 16.2. The second-order valence-corrected chi connectivity index (χ2v) is 8.63. The van der Waals surface area contributed by atoms with Gasteiger partial charge in [-0.15, -0.1) is 0 Å². The Morgan fingerprint density at radius 3 is 2.72 bits per heavy atom. The lowest BCUT2D eigenvalue weighted by Gasteiger charge is -2.34. The minimum atomic E-state index is -0.442. The van der Waals surface area contributed by atoms with Crippen LogP contribution in [0.1, 0.15) is 57.3 Å². The number of ether oxygens (including phenoxy) is 3. The van der Waals surface area contributed by atoms with E-state index >= 15 is 0 Å². The van der Waals surface area contributed by atoms with Crippen molar-refractivity contribution in [3.05, 3.63) is 23.4 Å². The molecule has 1 saturated carbocycles. The van der Waals surface area contributed by atoms with Gasteiger partial charge < -0.3 is 29.7 Å². The fourth-order valence-electron chi connectivity index (χ4n) is 3.88. The number of hydrogen-bond acceptors (Lipinski definition) is 7. The van der Waals surface area contributed by atoms with Crippen molar-refractivity contribution in [2.45, 2.75) is 70.7 Å². The van der Waals surface area contributed by atoms with E-state index in [9.17, 15) is 9.59 Å². The van der Waals surface area contributed by atoms with E-state index in [2.05, 4.69) is 27.3 Å². The van der Waals surface area contributed by atoms with E-state index in [-0.39, 0.29) is 24.1 Å². The highest BCUT2D eigenvalue weighted by atomic mass is 16.5. The second kappa shape index (κ2) is 11.5. The summed E-state index contributed by atoms with van der Waals surface area (Å²) >= 11 is 0. The molecule has 0 unspecified atom stereocenters. The highest BCUT2D eigenvalue weighted by Crippen LogP contribution is 2.36. The number of nitrogens with zero attached hydrogens (tertiary/aromatic N) is 2. The third-order valence-corrected chi connectivity index (χ3v) is 5.60. The van der Waals surface area contributed by atoms with Crippen LogP contribution in [-0.4, -0.2) is 73.5 Å². The highest BCUT2D eigenvalue weighted by molar-refractivity contribution is 5.82. The van der Waals surface area contributed by atoms with Crippen molar-refractivity contribution in [3.8, 4) is 5.88 Å². The Labute approximate surface area is 190 Å². The smallest absolute Gasteiger partial charge is 0.406 e. The minimum Gasteiger partial charge on any atom is -0.475 e. The first-order chi connectivity index (χ1) is 15.4.